The Bertz CT molecular complexity index is 406. The molecule has 0 aliphatic carbocycles. The fourth-order valence-corrected chi connectivity index (χ4v) is 3.36. The summed E-state index contributed by atoms with van der Waals surface area (Å²) in [5.41, 5.74) is 0.158. The predicted molar refractivity (Wildman–Crippen MR) is 79.1 cm³/mol. The molecule has 6 heteroatoms. The largest absolute Gasteiger partial charge is 0.476 e. The van der Waals surface area contributed by atoms with Gasteiger partial charge < -0.3 is 10.4 Å². The Morgan fingerprint density at radius 2 is 2.11 bits per heavy atom. The number of rotatable bonds is 7. The molecular weight excluding hydrogens is 268 g/mol. The smallest absolute Gasteiger partial charge is 0.355 e. The number of aromatic carboxylic acids is 1. The Labute approximate surface area is 116 Å². The maximum Gasteiger partial charge on any atom is 0.355 e. The van der Waals surface area contributed by atoms with Crippen molar-refractivity contribution in [2.45, 2.75) is 38.4 Å². The van der Waals surface area contributed by atoms with E-state index in [0.29, 0.717) is 5.13 Å². The molecule has 0 aliphatic heterocycles. The SMILES string of the molecule is CCC(CC)(CNc1nc(C(=O)O)c(C)s1)SC. The van der Waals surface area contributed by atoms with Gasteiger partial charge in [0.15, 0.2) is 10.8 Å². The summed E-state index contributed by atoms with van der Waals surface area (Å²) in [5, 5.41) is 12.9. The molecule has 0 amide bonds. The molecule has 0 spiro atoms. The minimum Gasteiger partial charge on any atom is -0.476 e. The van der Waals surface area contributed by atoms with Crippen LogP contribution in [0, 0.1) is 6.92 Å². The Hall–Kier alpha value is -0.750. The molecule has 1 rings (SSSR count). The van der Waals surface area contributed by atoms with E-state index >= 15 is 0 Å². The van der Waals surface area contributed by atoms with Crippen molar-refractivity contribution in [2.75, 3.05) is 18.1 Å². The van der Waals surface area contributed by atoms with Crippen molar-refractivity contribution in [3.05, 3.63) is 10.6 Å². The van der Waals surface area contributed by atoms with Crippen LogP contribution in [0.2, 0.25) is 0 Å². The molecule has 1 aromatic heterocycles. The van der Waals surface area contributed by atoms with Gasteiger partial charge >= 0.3 is 5.97 Å². The zero-order chi connectivity index (χ0) is 13.8. The number of thiazole rings is 1. The molecule has 0 radical (unpaired) electrons. The zero-order valence-corrected chi connectivity index (χ0v) is 12.9. The van der Waals surface area contributed by atoms with E-state index in [-0.39, 0.29) is 10.4 Å². The lowest BCUT2D eigenvalue weighted by Gasteiger charge is -2.29. The van der Waals surface area contributed by atoms with Crippen LogP contribution in [-0.2, 0) is 0 Å². The second-order valence-corrected chi connectivity index (χ2v) is 6.65. The van der Waals surface area contributed by atoms with Gasteiger partial charge in [0.2, 0.25) is 0 Å². The molecule has 1 heterocycles. The minimum atomic E-state index is -0.959. The number of carbonyl (C=O) groups is 1. The van der Waals surface area contributed by atoms with Crippen LogP contribution in [0.5, 0.6) is 0 Å². The maximum atomic E-state index is 10.9. The quantitative estimate of drug-likeness (QED) is 0.804. The topological polar surface area (TPSA) is 62.2 Å². The lowest BCUT2D eigenvalue weighted by Crippen LogP contribution is -2.31. The summed E-state index contributed by atoms with van der Waals surface area (Å²) in [6.07, 6.45) is 4.27. The number of aryl methyl sites for hydroxylation is 1. The van der Waals surface area contributed by atoms with E-state index in [4.69, 9.17) is 5.11 Å². The Kier molecular flexibility index (Phi) is 5.47. The monoisotopic (exact) mass is 288 g/mol. The molecule has 0 aromatic carbocycles. The molecular formula is C12H20N2O2S2. The summed E-state index contributed by atoms with van der Waals surface area (Å²) >= 11 is 3.25. The van der Waals surface area contributed by atoms with Crippen LogP contribution in [0.1, 0.15) is 42.1 Å². The number of nitrogens with one attached hydrogen (secondary N) is 1. The number of aromatic nitrogens is 1. The number of hydrogen-bond donors (Lipinski definition) is 2. The standard InChI is InChI=1S/C12H20N2O2S2/c1-5-12(6-2,17-4)7-13-11-14-9(10(15)16)8(3)18-11/h5-7H2,1-4H3,(H,13,14)(H,15,16). The second-order valence-electron chi connectivity index (χ2n) is 4.18. The molecule has 0 fully saturated rings. The Balaban J connectivity index is 2.74. The first-order valence-corrected chi connectivity index (χ1v) is 8.02. The first kappa shape index (κ1) is 15.3. The molecule has 102 valence electrons. The van der Waals surface area contributed by atoms with Crippen molar-refractivity contribution in [3.63, 3.8) is 0 Å². The fraction of sp³-hybridized carbons (Fsp3) is 0.667. The second kappa shape index (κ2) is 6.43. The third-order valence-corrected chi connectivity index (χ3v) is 5.80. The molecule has 2 N–H and O–H groups in total. The number of nitrogens with zero attached hydrogens (tertiary/aromatic N) is 1. The van der Waals surface area contributed by atoms with Crippen LogP contribution in [-0.4, -0.2) is 33.6 Å². The molecule has 0 atom stereocenters. The summed E-state index contributed by atoms with van der Waals surface area (Å²) in [6.45, 7) is 6.95. The van der Waals surface area contributed by atoms with Crippen molar-refractivity contribution in [3.8, 4) is 0 Å². The summed E-state index contributed by atoms with van der Waals surface area (Å²) in [4.78, 5) is 15.8. The van der Waals surface area contributed by atoms with Crippen molar-refractivity contribution in [1.82, 2.24) is 4.98 Å². The molecule has 0 saturated heterocycles. The molecule has 0 aliphatic rings. The lowest BCUT2D eigenvalue weighted by molar-refractivity contribution is 0.0690. The summed E-state index contributed by atoms with van der Waals surface area (Å²) in [7, 11) is 0. The van der Waals surface area contributed by atoms with Gasteiger partial charge in [-0.3, -0.25) is 0 Å². The van der Waals surface area contributed by atoms with E-state index in [1.165, 1.54) is 11.3 Å². The molecule has 18 heavy (non-hydrogen) atoms. The van der Waals surface area contributed by atoms with Gasteiger partial charge in [0.25, 0.3) is 0 Å². The van der Waals surface area contributed by atoms with E-state index < -0.39 is 5.97 Å². The maximum absolute atomic E-state index is 10.9. The number of hydrogen-bond acceptors (Lipinski definition) is 5. The first-order chi connectivity index (χ1) is 8.48. The van der Waals surface area contributed by atoms with Gasteiger partial charge in [-0.1, -0.05) is 13.8 Å². The van der Waals surface area contributed by atoms with Crippen molar-refractivity contribution in [1.29, 1.82) is 0 Å². The zero-order valence-electron chi connectivity index (χ0n) is 11.2. The van der Waals surface area contributed by atoms with Crippen LogP contribution >= 0.6 is 23.1 Å². The highest BCUT2D eigenvalue weighted by molar-refractivity contribution is 8.00. The highest BCUT2D eigenvalue weighted by atomic mass is 32.2. The van der Waals surface area contributed by atoms with Crippen LogP contribution in [0.3, 0.4) is 0 Å². The highest BCUT2D eigenvalue weighted by Gasteiger charge is 2.25. The third kappa shape index (κ3) is 3.38. The molecule has 1 aromatic rings. The molecule has 0 saturated carbocycles. The highest BCUT2D eigenvalue weighted by Crippen LogP contribution is 2.31. The van der Waals surface area contributed by atoms with Crippen LogP contribution in [0.4, 0.5) is 5.13 Å². The first-order valence-electron chi connectivity index (χ1n) is 5.97. The number of thioether (sulfide) groups is 1. The van der Waals surface area contributed by atoms with E-state index in [1.807, 2.05) is 11.8 Å². The third-order valence-electron chi connectivity index (χ3n) is 3.28. The Morgan fingerprint density at radius 1 is 1.50 bits per heavy atom. The number of carboxylic acid groups (broad SMARTS) is 1. The summed E-state index contributed by atoms with van der Waals surface area (Å²) in [6, 6.07) is 0. The number of carboxylic acids is 1. The molecule has 0 bridgehead atoms. The van der Waals surface area contributed by atoms with Crippen molar-refractivity contribution >= 4 is 34.2 Å². The molecule has 0 unspecified atom stereocenters. The van der Waals surface area contributed by atoms with Crippen LogP contribution < -0.4 is 5.32 Å². The van der Waals surface area contributed by atoms with E-state index in [9.17, 15) is 4.79 Å². The van der Waals surface area contributed by atoms with E-state index in [0.717, 1.165) is 24.3 Å². The normalized spacial score (nSPS) is 11.6. The van der Waals surface area contributed by atoms with Gasteiger partial charge in [0, 0.05) is 16.2 Å². The van der Waals surface area contributed by atoms with E-state index in [1.54, 1.807) is 6.92 Å². The molecule has 4 nitrogen and oxygen atoms in total. The summed E-state index contributed by atoms with van der Waals surface area (Å²) in [5.74, 6) is -0.959. The lowest BCUT2D eigenvalue weighted by atomic mass is 10.0. The van der Waals surface area contributed by atoms with Gasteiger partial charge in [-0.25, -0.2) is 9.78 Å². The fourth-order valence-electron chi connectivity index (χ4n) is 1.77. The predicted octanol–water partition coefficient (Wildman–Crippen LogP) is 3.48. The van der Waals surface area contributed by atoms with Gasteiger partial charge in [0.1, 0.15) is 0 Å². The van der Waals surface area contributed by atoms with Crippen LogP contribution in [0.25, 0.3) is 0 Å². The summed E-state index contributed by atoms with van der Waals surface area (Å²) < 4.78 is 0.197. The van der Waals surface area contributed by atoms with Gasteiger partial charge in [-0.2, -0.15) is 11.8 Å². The minimum absolute atomic E-state index is 0.158. The van der Waals surface area contributed by atoms with Crippen molar-refractivity contribution in [2.24, 2.45) is 0 Å². The van der Waals surface area contributed by atoms with Gasteiger partial charge in [-0.05, 0) is 26.0 Å². The number of anilines is 1. The van der Waals surface area contributed by atoms with Gasteiger partial charge in [0.05, 0.1) is 0 Å². The average molecular weight is 288 g/mol. The van der Waals surface area contributed by atoms with Crippen LogP contribution in [0.15, 0.2) is 0 Å². The van der Waals surface area contributed by atoms with E-state index in [2.05, 4.69) is 30.4 Å². The van der Waals surface area contributed by atoms with Crippen molar-refractivity contribution < 1.29 is 9.90 Å². The average Bonchev–Trinajstić information content (AvgIpc) is 2.73. The Morgan fingerprint density at radius 3 is 2.50 bits per heavy atom. The van der Waals surface area contributed by atoms with Gasteiger partial charge in [-0.15, -0.1) is 11.3 Å².